The molecule has 4 aromatic carbocycles. The molecule has 0 aliphatic carbocycles. The molecule has 0 fully saturated rings. The average Bonchev–Trinajstić information content (AvgIpc) is 2.87. The fourth-order valence-corrected chi connectivity index (χ4v) is 4.23. The lowest BCUT2D eigenvalue weighted by Crippen LogP contribution is -1.99. The van der Waals surface area contributed by atoms with Crippen molar-refractivity contribution >= 4 is 49.3 Å². The monoisotopic (exact) mass is 521 g/mol. The molecular formula is C25H23N5O6S. The van der Waals surface area contributed by atoms with Gasteiger partial charge in [-0.1, -0.05) is 29.8 Å². The molecule has 4 aromatic rings. The molecule has 0 aromatic heterocycles. The fourth-order valence-electron chi connectivity index (χ4n) is 3.57. The van der Waals surface area contributed by atoms with Crippen LogP contribution in [0.3, 0.4) is 0 Å². The number of phenols is 1. The van der Waals surface area contributed by atoms with Crippen molar-refractivity contribution in [3.63, 3.8) is 0 Å². The zero-order valence-corrected chi connectivity index (χ0v) is 20.9. The van der Waals surface area contributed by atoms with Crippen molar-refractivity contribution in [1.82, 2.24) is 0 Å². The van der Waals surface area contributed by atoms with Crippen LogP contribution in [0.2, 0.25) is 0 Å². The van der Waals surface area contributed by atoms with E-state index in [4.69, 9.17) is 15.2 Å². The van der Waals surface area contributed by atoms with Crippen LogP contribution in [-0.2, 0) is 10.1 Å². The van der Waals surface area contributed by atoms with E-state index in [-0.39, 0.29) is 28.3 Å². The second-order valence-corrected chi connectivity index (χ2v) is 9.31. The summed E-state index contributed by atoms with van der Waals surface area (Å²) in [6.45, 7) is 1.97. The normalized spacial score (nSPS) is 12.0. The molecule has 37 heavy (non-hydrogen) atoms. The number of hydrogen-bond donors (Lipinski definition) is 3. The van der Waals surface area contributed by atoms with E-state index in [1.807, 2.05) is 31.2 Å². The van der Waals surface area contributed by atoms with Gasteiger partial charge in [-0.25, -0.2) is 0 Å². The van der Waals surface area contributed by atoms with Gasteiger partial charge in [0, 0.05) is 23.2 Å². The van der Waals surface area contributed by atoms with Gasteiger partial charge in [0.1, 0.15) is 33.5 Å². The van der Waals surface area contributed by atoms with Gasteiger partial charge < -0.3 is 20.3 Å². The lowest BCUT2D eigenvalue weighted by atomic mass is 10.1. The van der Waals surface area contributed by atoms with Gasteiger partial charge in [0.15, 0.2) is 5.75 Å². The van der Waals surface area contributed by atoms with Gasteiger partial charge >= 0.3 is 0 Å². The third kappa shape index (κ3) is 5.34. The number of anilines is 1. The lowest BCUT2D eigenvalue weighted by molar-refractivity contribution is 0.405. The molecule has 0 saturated heterocycles. The molecule has 4 N–H and O–H groups in total. The molecular weight excluding hydrogens is 498 g/mol. The molecule has 0 amide bonds. The van der Waals surface area contributed by atoms with Gasteiger partial charge in [-0.15, -0.1) is 15.3 Å². The first kappa shape index (κ1) is 25.5. The maximum absolute atomic E-state index is 12.1. The van der Waals surface area contributed by atoms with Crippen LogP contribution in [0.1, 0.15) is 5.56 Å². The number of phenolic OH excluding ortho intramolecular Hbond substituents is 1. The molecule has 0 spiro atoms. The van der Waals surface area contributed by atoms with Crippen LogP contribution in [0.15, 0.2) is 86.0 Å². The van der Waals surface area contributed by atoms with Crippen molar-refractivity contribution in [2.45, 2.75) is 11.8 Å². The molecule has 0 aliphatic rings. The third-order valence-corrected chi connectivity index (χ3v) is 6.30. The largest absolute Gasteiger partial charge is 0.505 e. The highest BCUT2D eigenvalue weighted by Crippen LogP contribution is 2.45. The summed E-state index contributed by atoms with van der Waals surface area (Å²) in [6, 6.07) is 16.3. The predicted molar refractivity (Wildman–Crippen MR) is 139 cm³/mol. The summed E-state index contributed by atoms with van der Waals surface area (Å²) in [4.78, 5) is -0.638. The van der Waals surface area contributed by atoms with E-state index in [9.17, 15) is 18.1 Å². The average molecular weight is 522 g/mol. The first-order chi connectivity index (χ1) is 17.6. The van der Waals surface area contributed by atoms with E-state index in [0.717, 1.165) is 11.6 Å². The van der Waals surface area contributed by atoms with Gasteiger partial charge in [0.2, 0.25) is 0 Å². The summed E-state index contributed by atoms with van der Waals surface area (Å²) >= 11 is 0. The number of aryl methyl sites for hydroxylation is 1. The Bertz CT molecular complexity index is 1650. The van der Waals surface area contributed by atoms with Crippen LogP contribution < -0.4 is 15.2 Å². The number of methoxy groups -OCH3 is 2. The second kappa shape index (κ2) is 10.2. The number of rotatable bonds is 7. The van der Waals surface area contributed by atoms with E-state index >= 15 is 0 Å². The highest BCUT2D eigenvalue weighted by atomic mass is 32.2. The summed E-state index contributed by atoms with van der Waals surface area (Å²) in [5.41, 5.74) is 7.88. The van der Waals surface area contributed by atoms with Crippen LogP contribution in [0.25, 0.3) is 10.8 Å². The smallest absolute Gasteiger partial charge is 0.296 e. The van der Waals surface area contributed by atoms with Gasteiger partial charge in [-0.2, -0.15) is 13.5 Å². The quantitative estimate of drug-likeness (QED) is 0.141. The van der Waals surface area contributed by atoms with Crippen LogP contribution in [0, 0.1) is 6.92 Å². The molecule has 0 radical (unpaired) electrons. The first-order valence-corrected chi connectivity index (χ1v) is 12.2. The molecule has 0 aliphatic heterocycles. The molecule has 0 bridgehead atoms. The minimum absolute atomic E-state index is 0.135. The maximum Gasteiger partial charge on any atom is 0.296 e. The summed E-state index contributed by atoms with van der Waals surface area (Å²) < 4.78 is 44.7. The van der Waals surface area contributed by atoms with Crippen LogP contribution in [-0.4, -0.2) is 32.3 Å². The third-order valence-electron chi connectivity index (χ3n) is 5.43. The number of nitrogens with two attached hydrogens (primary N) is 1. The summed E-state index contributed by atoms with van der Waals surface area (Å²) in [5, 5.41) is 27.7. The predicted octanol–water partition coefficient (Wildman–Crippen LogP) is 6.53. The van der Waals surface area contributed by atoms with Crippen molar-refractivity contribution in [3.05, 3.63) is 66.2 Å². The Morgan fingerprint density at radius 3 is 2.00 bits per heavy atom. The Hall–Kier alpha value is -4.55. The van der Waals surface area contributed by atoms with E-state index in [2.05, 4.69) is 20.5 Å². The molecule has 0 saturated carbocycles. The van der Waals surface area contributed by atoms with Crippen LogP contribution in [0.4, 0.5) is 28.4 Å². The summed E-state index contributed by atoms with van der Waals surface area (Å²) in [7, 11) is -1.94. The van der Waals surface area contributed by atoms with Crippen LogP contribution in [0.5, 0.6) is 17.2 Å². The Balaban J connectivity index is 1.81. The van der Waals surface area contributed by atoms with Crippen molar-refractivity contribution in [3.8, 4) is 17.2 Å². The number of hydrogen-bond acceptors (Lipinski definition) is 10. The van der Waals surface area contributed by atoms with Crippen molar-refractivity contribution in [2.24, 2.45) is 20.5 Å². The molecule has 0 heterocycles. The summed E-state index contributed by atoms with van der Waals surface area (Å²) in [5.74, 6) is -0.0513. The van der Waals surface area contributed by atoms with E-state index in [0.29, 0.717) is 16.8 Å². The second-order valence-electron chi connectivity index (χ2n) is 7.92. The number of nitrogen functional groups attached to an aromatic ring is 1. The molecule has 11 nitrogen and oxygen atoms in total. The van der Waals surface area contributed by atoms with Crippen molar-refractivity contribution in [2.75, 3.05) is 20.0 Å². The topological polar surface area (TPSA) is 169 Å². The Morgan fingerprint density at radius 1 is 0.838 bits per heavy atom. The standard InChI is InChI=1S/C25H23N5O6S/c1-14-7-9-16(10-8-14)27-28-18-12-21(36-3)19(13-20(18)35-2)29-30-24-22(37(32,33)34)11-15-5-4-6-17(26)23(15)25(24)31/h4-13,31H,26H2,1-3H3,(H,32,33,34)/b28-27+,30-29+. The number of azo groups is 2. The Kier molecular flexibility index (Phi) is 7.05. The molecule has 0 atom stereocenters. The molecule has 12 heteroatoms. The Labute approximate surface area is 212 Å². The number of aromatic hydroxyl groups is 1. The van der Waals surface area contributed by atoms with Gasteiger partial charge in [0.25, 0.3) is 10.1 Å². The van der Waals surface area contributed by atoms with E-state index in [1.54, 1.807) is 12.1 Å². The van der Waals surface area contributed by atoms with Crippen molar-refractivity contribution in [1.29, 1.82) is 0 Å². The molecule has 4 rings (SSSR count). The van der Waals surface area contributed by atoms with Crippen molar-refractivity contribution < 1.29 is 27.6 Å². The lowest BCUT2D eigenvalue weighted by Gasteiger charge is -2.11. The number of fused-ring (bicyclic) bond motifs is 1. The van der Waals surface area contributed by atoms with E-state index < -0.39 is 26.5 Å². The van der Waals surface area contributed by atoms with Gasteiger partial charge in [-0.05, 0) is 36.6 Å². The highest BCUT2D eigenvalue weighted by Gasteiger charge is 2.23. The number of benzene rings is 4. The minimum atomic E-state index is -4.77. The van der Waals surface area contributed by atoms with E-state index in [1.165, 1.54) is 32.4 Å². The van der Waals surface area contributed by atoms with Gasteiger partial charge in [-0.3, -0.25) is 4.55 Å². The summed E-state index contributed by atoms with van der Waals surface area (Å²) in [6.07, 6.45) is 0. The first-order valence-electron chi connectivity index (χ1n) is 10.8. The van der Waals surface area contributed by atoms with Gasteiger partial charge in [0.05, 0.1) is 19.9 Å². The minimum Gasteiger partial charge on any atom is -0.505 e. The zero-order valence-electron chi connectivity index (χ0n) is 20.1. The molecule has 190 valence electrons. The zero-order chi connectivity index (χ0) is 26.7. The SMILES string of the molecule is COc1cc(/N=N/c2c(S(=O)(=O)O)cc3cccc(N)c3c2O)c(OC)cc1/N=N/c1ccc(C)cc1. The number of ether oxygens (including phenoxy) is 2. The highest BCUT2D eigenvalue weighted by molar-refractivity contribution is 7.86. The molecule has 0 unspecified atom stereocenters. The number of nitrogens with zero attached hydrogens (tertiary/aromatic N) is 4. The Morgan fingerprint density at radius 2 is 1.43 bits per heavy atom. The van der Waals surface area contributed by atoms with Crippen LogP contribution >= 0.6 is 0 Å². The maximum atomic E-state index is 12.1. The fraction of sp³-hybridized carbons (Fsp3) is 0.120.